The Kier molecular flexibility index (Phi) is 5.38. The van der Waals surface area contributed by atoms with Crippen molar-refractivity contribution in [1.29, 1.82) is 0 Å². The molecule has 2 heterocycles. The summed E-state index contributed by atoms with van der Waals surface area (Å²) in [5.74, 6) is 1.91. The van der Waals surface area contributed by atoms with Gasteiger partial charge in [0.05, 0.1) is 19.8 Å². The molecule has 1 amide bonds. The summed E-state index contributed by atoms with van der Waals surface area (Å²) >= 11 is 0. The van der Waals surface area contributed by atoms with Crippen molar-refractivity contribution in [3.63, 3.8) is 0 Å². The van der Waals surface area contributed by atoms with Crippen molar-refractivity contribution in [2.75, 3.05) is 32.2 Å². The van der Waals surface area contributed by atoms with Gasteiger partial charge in [0.2, 0.25) is 0 Å². The topological polar surface area (TPSA) is 63.7 Å². The molecule has 132 valence electrons. The highest BCUT2D eigenvalue weighted by Gasteiger charge is 2.15. The van der Waals surface area contributed by atoms with Crippen LogP contribution in [0.2, 0.25) is 0 Å². The molecule has 0 unspecified atom stereocenters. The van der Waals surface area contributed by atoms with Gasteiger partial charge in [-0.3, -0.25) is 4.79 Å². The third-order valence-corrected chi connectivity index (χ3v) is 4.34. The summed E-state index contributed by atoms with van der Waals surface area (Å²) in [6.07, 6.45) is 4.21. The number of nitrogens with one attached hydrogen (secondary N) is 1. The van der Waals surface area contributed by atoms with Crippen molar-refractivity contribution >= 4 is 11.7 Å². The largest absolute Gasteiger partial charge is 0.497 e. The Morgan fingerprint density at radius 3 is 2.68 bits per heavy atom. The van der Waals surface area contributed by atoms with Crippen molar-refractivity contribution in [3.05, 3.63) is 47.7 Å². The number of benzene rings is 1. The van der Waals surface area contributed by atoms with Gasteiger partial charge in [-0.25, -0.2) is 4.98 Å². The fourth-order valence-electron chi connectivity index (χ4n) is 2.96. The highest BCUT2D eigenvalue weighted by molar-refractivity contribution is 5.97. The Bertz CT molecular complexity index is 742. The number of pyridine rings is 1. The van der Waals surface area contributed by atoms with Gasteiger partial charge in [0.1, 0.15) is 17.3 Å². The Balaban J connectivity index is 1.69. The molecule has 2 aromatic rings. The van der Waals surface area contributed by atoms with Crippen molar-refractivity contribution in [2.24, 2.45) is 0 Å². The van der Waals surface area contributed by atoms with Gasteiger partial charge in [-0.05, 0) is 48.7 Å². The molecule has 0 spiro atoms. The standard InChI is InChI=1S/C19H23N3O3/c1-24-15-5-6-17(25-2)16(12-15)19(23)21-13-14-7-8-20-18(11-14)22-9-3-4-10-22/h5-8,11-12H,3-4,9-10,13H2,1-2H3,(H,21,23). The quantitative estimate of drug-likeness (QED) is 0.875. The maximum absolute atomic E-state index is 12.5. The molecule has 25 heavy (non-hydrogen) atoms. The number of nitrogens with zero attached hydrogens (tertiary/aromatic N) is 2. The van der Waals surface area contributed by atoms with E-state index in [2.05, 4.69) is 15.2 Å². The monoisotopic (exact) mass is 341 g/mol. The number of carbonyl (C=O) groups excluding carboxylic acids is 1. The molecule has 1 saturated heterocycles. The zero-order valence-electron chi connectivity index (χ0n) is 14.6. The van der Waals surface area contributed by atoms with Crippen LogP contribution < -0.4 is 19.7 Å². The van der Waals surface area contributed by atoms with Crippen molar-refractivity contribution in [2.45, 2.75) is 19.4 Å². The van der Waals surface area contributed by atoms with E-state index in [1.807, 2.05) is 12.1 Å². The molecule has 0 radical (unpaired) electrons. The van der Waals surface area contributed by atoms with Crippen molar-refractivity contribution < 1.29 is 14.3 Å². The smallest absolute Gasteiger partial charge is 0.255 e. The lowest BCUT2D eigenvalue weighted by molar-refractivity contribution is 0.0947. The fourth-order valence-corrected chi connectivity index (χ4v) is 2.96. The lowest BCUT2D eigenvalue weighted by Gasteiger charge is -2.17. The van der Waals surface area contributed by atoms with Gasteiger partial charge < -0.3 is 19.7 Å². The first kappa shape index (κ1) is 17.1. The number of methoxy groups -OCH3 is 2. The fraction of sp³-hybridized carbons (Fsp3) is 0.368. The number of anilines is 1. The number of rotatable bonds is 6. The summed E-state index contributed by atoms with van der Waals surface area (Å²) in [5.41, 5.74) is 1.47. The molecule has 6 heteroatoms. The third kappa shape index (κ3) is 4.02. The van der Waals surface area contributed by atoms with Crippen LogP contribution in [-0.2, 0) is 6.54 Å². The van der Waals surface area contributed by atoms with Crippen LogP contribution in [0.5, 0.6) is 11.5 Å². The highest BCUT2D eigenvalue weighted by Crippen LogP contribution is 2.24. The predicted octanol–water partition coefficient (Wildman–Crippen LogP) is 2.63. The molecule has 1 aromatic heterocycles. The third-order valence-electron chi connectivity index (χ3n) is 4.34. The van der Waals surface area contributed by atoms with Gasteiger partial charge in [-0.2, -0.15) is 0 Å². The molecule has 0 bridgehead atoms. The molecule has 1 aromatic carbocycles. The summed E-state index contributed by atoms with van der Waals surface area (Å²) in [5, 5.41) is 2.94. The Labute approximate surface area is 147 Å². The average Bonchev–Trinajstić information content (AvgIpc) is 3.20. The molecule has 0 saturated carbocycles. The minimum Gasteiger partial charge on any atom is -0.497 e. The minimum absolute atomic E-state index is 0.199. The first-order valence-electron chi connectivity index (χ1n) is 8.41. The second-order valence-corrected chi connectivity index (χ2v) is 5.97. The first-order chi connectivity index (χ1) is 12.2. The molecule has 1 aliphatic heterocycles. The summed E-state index contributed by atoms with van der Waals surface area (Å²) in [6.45, 7) is 2.52. The molecule has 0 aliphatic carbocycles. The Morgan fingerprint density at radius 2 is 1.96 bits per heavy atom. The molecule has 3 rings (SSSR count). The van der Waals surface area contributed by atoms with Crippen LogP contribution in [0.4, 0.5) is 5.82 Å². The van der Waals surface area contributed by atoms with Crippen LogP contribution in [0.15, 0.2) is 36.5 Å². The van der Waals surface area contributed by atoms with Gasteiger partial charge in [-0.1, -0.05) is 0 Å². The zero-order chi connectivity index (χ0) is 17.6. The van der Waals surface area contributed by atoms with E-state index in [1.54, 1.807) is 38.6 Å². The lowest BCUT2D eigenvalue weighted by Crippen LogP contribution is -2.24. The van der Waals surface area contributed by atoms with Gasteiger partial charge in [-0.15, -0.1) is 0 Å². The van der Waals surface area contributed by atoms with Crippen LogP contribution in [0, 0.1) is 0 Å². The number of ether oxygens (including phenoxy) is 2. The molecular weight excluding hydrogens is 318 g/mol. The normalized spacial score (nSPS) is 13.6. The van der Waals surface area contributed by atoms with Crippen LogP contribution >= 0.6 is 0 Å². The Morgan fingerprint density at radius 1 is 1.16 bits per heavy atom. The summed E-state index contributed by atoms with van der Waals surface area (Å²) in [4.78, 5) is 19.2. The molecule has 1 fully saturated rings. The molecular formula is C19H23N3O3. The van der Waals surface area contributed by atoms with Crippen LogP contribution in [0.3, 0.4) is 0 Å². The van der Waals surface area contributed by atoms with Crippen LogP contribution in [0.25, 0.3) is 0 Å². The van der Waals surface area contributed by atoms with E-state index in [0.717, 1.165) is 24.5 Å². The van der Waals surface area contributed by atoms with Gasteiger partial charge in [0.15, 0.2) is 0 Å². The molecule has 0 atom stereocenters. The van der Waals surface area contributed by atoms with Crippen LogP contribution in [-0.4, -0.2) is 38.2 Å². The molecule has 6 nitrogen and oxygen atoms in total. The van der Waals surface area contributed by atoms with E-state index in [-0.39, 0.29) is 5.91 Å². The number of amides is 1. The van der Waals surface area contributed by atoms with Crippen LogP contribution in [0.1, 0.15) is 28.8 Å². The van der Waals surface area contributed by atoms with E-state index in [1.165, 1.54) is 12.8 Å². The zero-order valence-corrected chi connectivity index (χ0v) is 14.6. The maximum atomic E-state index is 12.5. The van der Waals surface area contributed by atoms with E-state index in [4.69, 9.17) is 9.47 Å². The SMILES string of the molecule is COc1ccc(OC)c(C(=O)NCc2ccnc(N3CCCC3)c2)c1. The highest BCUT2D eigenvalue weighted by atomic mass is 16.5. The lowest BCUT2D eigenvalue weighted by atomic mass is 10.1. The molecule has 1 aliphatic rings. The van der Waals surface area contributed by atoms with Gasteiger partial charge in [0.25, 0.3) is 5.91 Å². The van der Waals surface area contributed by atoms with E-state index < -0.39 is 0 Å². The number of carbonyl (C=O) groups is 1. The predicted molar refractivity (Wildman–Crippen MR) is 96.4 cm³/mol. The Hall–Kier alpha value is -2.76. The van der Waals surface area contributed by atoms with Crippen molar-refractivity contribution in [3.8, 4) is 11.5 Å². The molecule has 1 N–H and O–H groups in total. The van der Waals surface area contributed by atoms with Crippen molar-refractivity contribution in [1.82, 2.24) is 10.3 Å². The van der Waals surface area contributed by atoms with Gasteiger partial charge >= 0.3 is 0 Å². The second kappa shape index (κ2) is 7.88. The van der Waals surface area contributed by atoms with Gasteiger partial charge in [0, 0.05) is 25.8 Å². The van der Waals surface area contributed by atoms with E-state index >= 15 is 0 Å². The number of aromatic nitrogens is 1. The van der Waals surface area contributed by atoms with E-state index in [0.29, 0.717) is 23.6 Å². The maximum Gasteiger partial charge on any atom is 0.255 e. The summed E-state index contributed by atoms with van der Waals surface area (Å²) in [6, 6.07) is 9.12. The number of hydrogen-bond acceptors (Lipinski definition) is 5. The summed E-state index contributed by atoms with van der Waals surface area (Å²) in [7, 11) is 3.12. The second-order valence-electron chi connectivity index (χ2n) is 5.97. The first-order valence-corrected chi connectivity index (χ1v) is 8.41. The average molecular weight is 341 g/mol. The van der Waals surface area contributed by atoms with E-state index in [9.17, 15) is 4.79 Å². The minimum atomic E-state index is -0.199. The summed E-state index contributed by atoms with van der Waals surface area (Å²) < 4.78 is 10.5. The number of hydrogen-bond donors (Lipinski definition) is 1.